The molecule has 1 N–H and O–H groups in total. The van der Waals surface area contributed by atoms with Crippen LogP contribution in [0.2, 0.25) is 0 Å². The lowest BCUT2D eigenvalue weighted by molar-refractivity contribution is -0.141. The van der Waals surface area contributed by atoms with E-state index in [-0.39, 0.29) is 31.4 Å². The SMILES string of the molecule is Cc1noc(CN2CC(=O)NCC2=O)n1. The highest BCUT2D eigenvalue weighted by Crippen LogP contribution is 2.04. The fourth-order valence-corrected chi connectivity index (χ4v) is 1.32. The summed E-state index contributed by atoms with van der Waals surface area (Å²) >= 11 is 0. The van der Waals surface area contributed by atoms with Crippen LogP contribution in [-0.2, 0) is 16.1 Å². The van der Waals surface area contributed by atoms with Crippen LogP contribution in [0.3, 0.4) is 0 Å². The molecule has 1 aromatic rings. The smallest absolute Gasteiger partial charge is 0.246 e. The van der Waals surface area contributed by atoms with Crippen molar-refractivity contribution in [2.24, 2.45) is 0 Å². The van der Waals surface area contributed by atoms with Gasteiger partial charge in [0.1, 0.15) is 13.1 Å². The zero-order valence-corrected chi connectivity index (χ0v) is 8.19. The van der Waals surface area contributed by atoms with Crippen molar-refractivity contribution < 1.29 is 14.1 Å². The Bertz CT molecular complexity index is 400. The lowest BCUT2D eigenvalue weighted by Gasteiger charge is -2.24. The molecule has 7 heteroatoms. The van der Waals surface area contributed by atoms with Gasteiger partial charge >= 0.3 is 0 Å². The Labute approximate surface area is 85.4 Å². The minimum Gasteiger partial charge on any atom is -0.345 e. The first kappa shape index (κ1) is 9.63. The summed E-state index contributed by atoms with van der Waals surface area (Å²) in [6, 6.07) is 0. The molecule has 15 heavy (non-hydrogen) atoms. The van der Waals surface area contributed by atoms with Gasteiger partial charge in [0.2, 0.25) is 17.7 Å². The van der Waals surface area contributed by atoms with Crippen LogP contribution < -0.4 is 5.32 Å². The number of aryl methyl sites for hydroxylation is 1. The molecule has 0 atom stereocenters. The van der Waals surface area contributed by atoms with Gasteiger partial charge in [0, 0.05) is 0 Å². The molecule has 0 radical (unpaired) electrons. The van der Waals surface area contributed by atoms with E-state index in [9.17, 15) is 9.59 Å². The van der Waals surface area contributed by atoms with Gasteiger partial charge in [0.25, 0.3) is 0 Å². The van der Waals surface area contributed by atoms with Gasteiger partial charge in [-0.25, -0.2) is 0 Å². The van der Waals surface area contributed by atoms with Crippen molar-refractivity contribution in [1.29, 1.82) is 0 Å². The van der Waals surface area contributed by atoms with Crippen molar-refractivity contribution >= 4 is 11.8 Å². The molecule has 2 heterocycles. The van der Waals surface area contributed by atoms with Gasteiger partial charge in [-0.05, 0) is 6.92 Å². The number of rotatable bonds is 2. The number of hydrogen-bond acceptors (Lipinski definition) is 5. The van der Waals surface area contributed by atoms with E-state index in [2.05, 4.69) is 15.5 Å². The summed E-state index contributed by atoms with van der Waals surface area (Å²) in [7, 11) is 0. The third-order valence-corrected chi connectivity index (χ3v) is 2.02. The first-order valence-corrected chi connectivity index (χ1v) is 4.49. The molecule has 0 bridgehead atoms. The van der Waals surface area contributed by atoms with Crippen LogP contribution in [-0.4, -0.2) is 39.9 Å². The van der Waals surface area contributed by atoms with Crippen LogP contribution in [0.4, 0.5) is 0 Å². The van der Waals surface area contributed by atoms with Gasteiger partial charge in [0.15, 0.2) is 5.82 Å². The van der Waals surface area contributed by atoms with Crippen LogP contribution in [0.5, 0.6) is 0 Å². The summed E-state index contributed by atoms with van der Waals surface area (Å²) in [5.41, 5.74) is 0. The number of piperazine rings is 1. The summed E-state index contributed by atoms with van der Waals surface area (Å²) in [4.78, 5) is 27.8. The molecule has 0 unspecified atom stereocenters. The maximum absolute atomic E-state index is 11.4. The Hall–Kier alpha value is -1.92. The van der Waals surface area contributed by atoms with Crippen LogP contribution in [0.1, 0.15) is 11.7 Å². The second-order valence-corrected chi connectivity index (χ2v) is 3.26. The maximum Gasteiger partial charge on any atom is 0.246 e. The Morgan fingerprint density at radius 2 is 2.33 bits per heavy atom. The molecule has 1 aliphatic rings. The van der Waals surface area contributed by atoms with Crippen molar-refractivity contribution in [3.05, 3.63) is 11.7 Å². The fraction of sp³-hybridized carbons (Fsp3) is 0.500. The lowest BCUT2D eigenvalue weighted by atomic mass is 10.3. The van der Waals surface area contributed by atoms with E-state index in [4.69, 9.17) is 4.52 Å². The molecule has 7 nitrogen and oxygen atoms in total. The topological polar surface area (TPSA) is 88.3 Å². The molecule has 1 fully saturated rings. The second kappa shape index (κ2) is 3.68. The molecule has 0 aliphatic carbocycles. The van der Waals surface area contributed by atoms with Gasteiger partial charge in [0.05, 0.1) is 6.54 Å². The van der Waals surface area contributed by atoms with E-state index < -0.39 is 0 Å². The summed E-state index contributed by atoms with van der Waals surface area (Å²) in [5.74, 6) is 0.533. The van der Waals surface area contributed by atoms with E-state index in [0.29, 0.717) is 11.7 Å². The molecular weight excluding hydrogens is 200 g/mol. The molecule has 80 valence electrons. The first-order chi connectivity index (χ1) is 7.15. The minimum atomic E-state index is -0.175. The molecule has 0 aromatic carbocycles. The zero-order chi connectivity index (χ0) is 10.8. The highest BCUT2D eigenvalue weighted by molar-refractivity contribution is 5.92. The minimum absolute atomic E-state index is 0.0337. The number of nitrogens with one attached hydrogen (secondary N) is 1. The van der Waals surface area contributed by atoms with Crippen LogP contribution in [0.25, 0.3) is 0 Å². The normalized spacial score (nSPS) is 16.7. The molecule has 1 saturated heterocycles. The molecule has 1 aromatic heterocycles. The molecule has 1 aliphatic heterocycles. The van der Waals surface area contributed by atoms with E-state index in [1.165, 1.54) is 4.90 Å². The number of nitrogens with zero attached hydrogens (tertiary/aromatic N) is 3. The Morgan fingerprint density at radius 1 is 1.53 bits per heavy atom. The number of amides is 2. The summed E-state index contributed by atoms with van der Waals surface area (Å²) in [5, 5.41) is 6.06. The number of hydrogen-bond donors (Lipinski definition) is 1. The highest BCUT2D eigenvalue weighted by atomic mass is 16.5. The molecule has 2 rings (SSSR count). The Kier molecular flexibility index (Phi) is 2.36. The third kappa shape index (κ3) is 2.12. The number of carbonyl (C=O) groups excluding carboxylic acids is 2. The quantitative estimate of drug-likeness (QED) is 0.665. The van der Waals surface area contributed by atoms with E-state index in [0.717, 1.165) is 0 Å². The third-order valence-electron chi connectivity index (χ3n) is 2.02. The van der Waals surface area contributed by atoms with Gasteiger partial charge < -0.3 is 14.7 Å². The van der Waals surface area contributed by atoms with Gasteiger partial charge in [-0.1, -0.05) is 5.16 Å². The van der Waals surface area contributed by atoms with Crippen molar-refractivity contribution in [3.8, 4) is 0 Å². The molecule has 0 saturated carbocycles. The Morgan fingerprint density at radius 3 is 3.00 bits per heavy atom. The predicted molar refractivity (Wildman–Crippen MR) is 47.5 cm³/mol. The summed E-state index contributed by atoms with van der Waals surface area (Å²) in [6.45, 7) is 1.96. The van der Waals surface area contributed by atoms with Gasteiger partial charge in [-0.2, -0.15) is 4.98 Å². The monoisotopic (exact) mass is 210 g/mol. The number of aromatic nitrogens is 2. The highest BCUT2D eigenvalue weighted by Gasteiger charge is 2.24. The van der Waals surface area contributed by atoms with Crippen molar-refractivity contribution in [2.45, 2.75) is 13.5 Å². The molecular formula is C8H10N4O3. The lowest BCUT2D eigenvalue weighted by Crippen LogP contribution is -2.51. The van der Waals surface area contributed by atoms with Crippen LogP contribution in [0, 0.1) is 6.92 Å². The molecule has 2 amide bonds. The zero-order valence-electron chi connectivity index (χ0n) is 8.19. The van der Waals surface area contributed by atoms with Crippen LogP contribution >= 0.6 is 0 Å². The van der Waals surface area contributed by atoms with Crippen molar-refractivity contribution in [2.75, 3.05) is 13.1 Å². The average molecular weight is 210 g/mol. The average Bonchev–Trinajstić information content (AvgIpc) is 2.58. The second-order valence-electron chi connectivity index (χ2n) is 3.26. The largest absolute Gasteiger partial charge is 0.345 e. The summed E-state index contributed by atoms with van der Waals surface area (Å²) < 4.78 is 4.86. The predicted octanol–water partition coefficient (Wildman–Crippen LogP) is -1.16. The Balaban J connectivity index is 2.04. The fourth-order valence-electron chi connectivity index (χ4n) is 1.32. The molecule has 0 spiro atoms. The van der Waals surface area contributed by atoms with E-state index >= 15 is 0 Å². The van der Waals surface area contributed by atoms with Crippen molar-refractivity contribution in [1.82, 2.24) is 20.4 Å². The standard InChI is InChI=1S/C8H10N4O3/c1-5-10-7(15-11-5)4-12-3-6(13)9-2-8(12)14/h2-4H2,1H3,(H,9,13). The van der Waals surface area contributed by atoms with Crippen molar-refractivity contribution in [3.63, 3.8) is 0 Å². The van der Waals surface area contributed by atoms with E-state index in [1.807, 2.05) is 0 Å². The van der Waals surface area contributed by atoms with Gasteiger partial charge in [-0.15, -0.1) is 0 Å². The summed E-state index contributed by atoms with van der Waals surface area (Å²) in [6.07, 6.45) is 0. The number of carbonyl (C=O) groups is 2. The van der Waals surface area contributed by atoms with Crippen LogP contribution in [0.15, 0.2) is 4.52 Å². The van der Waals surface area contributed by atoms with Gasteiger partial charge in [-0.3, -0.25) is 9.59 Å². The maximum atomic E-state index is 11.4. The first-order valence-electron chi connectivity index (χ1n) is 4.49. The van der Waals surface area contributed by atoms with E-state index in [1.54, 1.807) is 6.92 Å².